The minimum Gasteiger partial charge on any atom is -0.494 e. The first-order chi connectivity index (χ1) is 12.6. The Hall–Kier alpha value is -2.94. The second-order valence-corrected chi connectivity index (χ2v) is 6.39. The Balaban J connectivity index is 2.31. The van der Waals surface area contributed by atoms with Crippen LogP contribution in [-0.4, -0.2) is 40.0 Å². The molecule has 0 amide bonds. The normalized spacial score (nSPS) is 12.3. The summed E-state index contributed by atoms with van der Waals surface area (Å²) in [6, 6.07) is 3.80. The number of aromatic nitrogens is 2. The van der Waals surface area contributed by atoms with Crippen LogP contribution in [0.4, 0.5) is 10.2 Å². The number of ketones is 1. The average Bonchev–Trinajstić information content (AvgIpc) is 2.64. The quantitative estimate of drug-likeness (QED) is 0.736. The second kappa shape index (κ2) is 7.75. The molecule has 9 heteroatoms. The lowest BCUT2D eigenvalue weighted by atomic mass is 10.1. The Morgan fingerprint density at radius 1 is 1.30 bits per heavy atom. The number of carbonyl (C=O) groups is 1. The third-order valence-electron chi connectivity index (χ3n) is 4.65. The Bertz CT molecular complexity index is 996. The van der Waals surface area contributed by atoms with Gasteiger partial charge in [-0.3, -0.25) is 23.6 Å². The lowest BCUT2D eigenvalue weighted by Gasteiger charge is -2.24. The highest BCUT2D eigenvalue weighted by atomic mass is 19.1. The molecule has 0 fully saturated rings. The molecule has 2 rings (SSSR count). The number of methoxy groups -OCH3 is 1. The van der Waals surface area contributed by atoms with Gasteiger partial charge in [-0.25, -0.2) is 9.18 Å². The maximum Gasteiger partial charge on any atom is 0.332 e. The van der Waals surface area contributed by atoms with Crippen molar-refractivity contribution in [2.75, 3.05) is 19.9 Å². The van der Waals surface area contributed by atoms with E-state index in [1.165, 1.54) is 33.3 Å². The standard InChI is InChI=1S/C18H23FN4O4/c1-10(21(2)9-11-6-7-13(27-5)12(19)8-11)15(24)14-16(20)22(3)18(26)23(4)17(14)25/h6-8,10H,9,20H2,1-5H3. The smallest absolute Gasteiger partial charge is 0.332 e. The fourth-order valence-electron chi connectivity index (χ4n) is 2.73. The maximum absolute atomic E-state index is 13.9. The minimum absolute atomic E-state index is 0.131. The van der Waals surface area contributed by atoms with Crippen LogP contribution in [-0.2, 0) is 20.6 Å². The van der Waals surface area contributed by atoms with Gasteiger partial charge in [0.25, 0.3) is 5.56 Å². The second-order valence-electron chi connectivity index (χ2n) is 6.39. The Morgan fingerprint density at radius 3 is 2.48 bits per heavy atom. The molecule has 0 saturated carbocycles. The number of ether oxygens (including phenoxy) is 1. The number of rotatable bonds is 6. The predicted octanol–water partition coefficient (Wildman–Crippen LogP) is 0.517. The average molecular weight is 378 g/mol. The van der Waals surface area contributed by atoms with E-state index in [1.807, 2.05) is 0 Å². The van der Waals surface area contributed by atoms with Crippen molar-refractivity contribution in [3.8, 4) is 5.75 Å². The van der Waals surface area contributed by atoms with Gasteiger partial charge in [0, 0.05) is 20.6 Å². The summed E-state index contributed by atoms with van der Waals surface area (Å²) < 4.78 is 20.6. The highest BCUT2D eigenvalue weighted by Gasteiger charge is 2.27. The molecule has 1 atom stereocenters. The van der Waals surface area contributed by atoms with Crippen LogP contribution in [0.2, 0.25) is 0 Å². The van der Waals surface area contributed by atoms with E-state index in [-0.39, 0.29) is 23.7 Å². The fourth-order valence-corrected chi connectivity index (χ4v) is 2.73. The molecule has 0 aliphatic rings. The first-order valence-corrected chi connectivity index (χ1v) is 8.22. The molecule has 1 aromatic carbocycles. The zero-order valence-electron chi connectivity index (χ0n) is 15.9. The molecule has 0 aliphatic carbocycles. The number of nitrogen functional groups attached to an aromatic ring is 1. The lowest BCUT2D eigenvalue weighted by Crippen LogP contribution is -2.45. The zero-order chi connectivity index (χ0) is 20.5. The highest BCUT2D eigenvalue weighted by molar-refractivity contribution is 6.03. The van der Waals surface area contributed by atoms with Gasteiger partial charge in [0.15, 0.2) is 17.3 Å². The van der Waals surface area contributed by atoms with Crippen molar-refractivity contribution >= 4 is 11.6 Å². The monoisotopic (exact) mass is 378 g/mol. The number of Topliss-reactive ketones (excluding diaryl/α,β-unsaturated/α-hetero) is 1. The molecule has 2 aromatic rings. The third kappa shape index (κ3) is 3.77. The van der Waals surface area contributed by atoms with Gasteiger partial charge in [-0.15, -0.1) is 0 Å². The van der Waals surface area contributed by atoms with Crippen LogP contribution in [0.5, 0.6) is 5.75 Å². The van der Waals surface area contributed by atoms with Gasteiger partial charge in [-0.2, -0.15) is 0 Å². The minimum atomic E-state index is -0.739. The number of hydrogen-bond donors (Lipinski definition) is 1. The lowest BCUT2D eigenvalue weighted by molar-refractivity contribution is 0.0860. The van der Waals surface area contributed by atoms with Crippen LogP contribution in [0.1, 0.15) is 22.8 Å². The van der Waals surface area contributed by atoms with E-state index in [4.69, 9.17) is 10.5 Å². The maximum atomic E-state index is 13.9. The molecule has 1 unspecified atom stereocenters. The van der Waals surface area contributed by atoms with Crippen molar-refractivity contribution in [1.82, 2.24) is 14.0 Å². The highest BCUT2D eigenvalue weighted by Crippen LogP contribution is 2.19. The number of nitrogens with two attached hydrogens (primary N) is 1. The SMILES string of the molecule is COc1ccc(CN(C)C(C)C(=O)c2c(N)n(C)c(=O)n(C)c2=O)cc1F. The van der Waals surface area contributed by atoms with E-state index in [0.717, 1.165) is 9.13 Å². The van der Waals surface area contributed by atoms with Crippen molar-refractivity contribution < 1.29 is 13.9 Å². The van der Waals surface area contributed by atoms with Crippen molar-refractivity contribution in [1.29, 1.82) is 0 Å². The van der Waals surface area contributed by atoms with E-state index in [2.05, 4.69) is 0 Å². The topological polar surface area (TPSA) is 99.6 Å². The van der Waals surface area contributed by atoms with Crippen LogP contribution in [0.3, 0.4) is 0 Å². The van der Waals surface area contributed by atoms with E-state index < -0.39 is 28.9 Å². The molecule has 146 valence electrons. The fraction of sp³-hybridized carbons (Fsp3) is 0.389. The van der Waals surface area contributed by atoms with Gasteiger partial charge in [0.1, 0.15) is 11.4 Å². The van der Waals surface area contributed by atoms with Gasteiger partial charge in [-0.05, 0) is 31.7 Å². The summed E-state index contributed by atoms with van der Waals surface area (Å²) >= 11 is 0. The van der Waals surface area contributed by atoms with Crippen LogP contribution in [0.25, 0.3) is 0 Å². The molecule has 27 heavy (non-hydrogen) atoms. The molecule has 0 aliphatic heterocycles. The van der Waals surface area contributed by atoms with Gasteiger partial charge in [0.05, 0.1) is 13.2 Å². The largest absolute Gasteiger partial charge is 0.494 e. The number of likely N-dealkylation sites (N-methyl/N-ethyl adjacent to an activating group) is 1. The number of carbonyl (C=O) groups excluding carboxylic acids is 1. The molecule has 0 radical (unpaired) electrons. The van der Waals surface area contributed by atoms with Crippen LogP contribution >= 0.6 is 0 Å². The van der Waals surface area contributed by atoms with Gasteiger partial charge < -0.3 is 10.5 Å². The molecule has 0 bridgehead atoms. The van der Waals surface area contributed by atoms with E-state index in [1.54, 1.807) is 24.9 Å². The Kier molecular flexibility index (Phi) is 5.85. The first-order valence-electron chi connectivity index (χ1n) is 8.22. The van der Waals surface area contributed by atoms with Crippen molar-refractivity contribution in [3.63, 3.8) is 0 Å². The number of anilines is 1. The first kappa shape index (κ1) is 20.4. The molecule has 0 saturated heterocycles. The summed E-state index contributed by atoms with van der Waals surface area (Å²) in [5, 5.41) is 0. The third-order valence-corrected chi connectivity index (χ3v) is 4.65. The van der Waals surface area contributed by atoms with Gasteiger partial charge in [-0.1, -0.05) is 6.07 Å². The van der Waals surface area contributed by atoms with E-state index >= 15 is 0 Å². The van der Waals surface area contributed by atoms with E-state index in [9.17, 15) is 18.8 Å². The summed E-state index contributed by atoms with van der Waals surface area (Å²) in [7, 11) is 5.73. The summed E-state index contributed by atoms with van der Waals surface area (Å²) in [5.41, 5.74) is 4.90. The number of hydrogen-bond acceptors (Lipinski definition) is 6. The van der Waals surface area contributed by atoms with E-state index in [0.29, 0.717) is 5.56 Å². The Labute approximate surface area is 155 Å². The molecule has 1 aromatic heterocycles. The molecule has 8 nitrogen and oxygen atoms in total. The predicted molar refractivity (Wildman–Crippen MR) is 99.5 cm³/mol. The summed E-state index contributed by atoms with van der Waals surface area (Å²) in [6.45, 7) is 1.88. The van der Waals surface area contributed by atoms with Crippen LogP contribution in [0.15, 0.2) is 27.8 Å². The van der Waals surface area contributed by atoms with Crippen LogP contribution in [0, 0.1) is 5.82 Å². The summed E-state index contributed by atoms with van der Waals surface area (Å²) in [4.78, 5) is 38.8. The Morgan fingerprint density at radius 2 is 1.93 bits per heavy atom. The van der Waals surface area contributed by atoms with Crippen molar-refractivity contribution in [2.45, 2.75) is 19.5 Å². The number of benzene rings is 1. The summed E-state index contributed by atoms with van der Waals surface area (Å²) in [6.07, 6.45) is 0. The van der Waals surface area contributed by atoms with Gasteiger partial charge >= 0.3 is 5.69 Å². The number of nitrogens with zero attached hydrogens (tertiary/aromatic N) is 3. The van der Waals surface area contributed by atoms with Crippen molar-refractivity contribution in [2.24, 2.45) is 14.1 Å². The van der Waals surface area contributed by atoms with Crippen molar-refractivity contribution in [3.05, 3.63) is 56.0 Å². The zero-order valence-corrected chi connectivity index (χ0v) is 15.9. The summed E-state index contributed by atoms with van der Waals surface area (Å²) in [5.74, 6) is -1.06. The number of halogens is 1. The van der Waals surface area contributed by atoms with Gasteiger partial charge in [0.2, 0.25) is 0 Å². The molecular formula is C18H23FN4O4. The molecular weight excluding hydrogens is 355 g/mol. The molecule has 2 N–H and O–H groups in total. The molecule has 0 spiro atoms. The van der Waals surface area contributed by atoms with Crippen LogP contribution < -0.4 is 21.7 Å². The molecule has 1 heterocycles.